The van der Waals surface area contributed by atoms with Gasteiger partial charge in [-0.05, 0) is 50.8 Å². The fourth-order valence-electron chi connectivity index (χ4n) is 3.17. The molecule has 1 heteroatoms. The minimum atomic E-state index is 0.510. The van der Waals surface area contributed by atoms with Gasteiger partial charge in [0.25, 0.3) is 0 Å². The summed E-state index contributed by atoms with van der Waals surface area (Å²) < 4.78 is 0. The zero-order valence-corrected chi connectivity index (χ0v) is 14.5. The van der Waals surface area contributed by atoms with Gasteiger partial charge in [-0.2, -0.15) is 0 Å². The van der Waals surface area contributed by atoms with Crippen LogP contribution in [-0.4, -0.2) is 24.5 Å². The van der Waals surface area contributed by atoms with Gasteiger partial charge in [-0.25, -0.2) is 0 Å². The van der Waals surface area contributed by atoms with Gasteiger partial charge < -0.3 is 4.90 Å². The molecular formula is C21H31N. The molecule has 1 aliphatic rings. The largest absolute Gasteiger partial charge is 0.302 e. The van der Waals surface area contributed by atoms with Crippen LogP contribution in [0.25, 0.3) is 0 Å². The van der Waals surface area contributed by atoms with Crippen LogP contribution in [0.4, 0.5) is 0 Å². The van der Waals surface area contributed by atoms with Crippen molar-refractivity contribution in [1.29, 1.82) is 0 Å². The van der Waals surface area contributed by atoms with Crippen LogP contribution in [0.2, 0.25) is 0 Å². The van der Waals surface area contributed by atoms with Crippen LogP contribution in [0.5, 0.6) is 0 Å². The molecule has 1 heterocycles. The molecule has 0 aliphatic carbocycles. The summed E-state index contributed by atoms with van der Waals surface area (Å²) in [6.45, 7) is 10.5. The molecule has 2 rings (SSSR count). The number of rotatable bonds is 6. The first-order chi connectivity index (χ1) is 10.7. The topological polar surface area (TPSA) is 3.24 Å². The summed E-state index contributed by atoms with van der Waals surface area (Å²) in [5.74, 6) is 1.41. The number of benzene rings is 1. The molecule has 0 radical (unpaired) electrons. The summed E-state index contributed by atoms with van der Waals surface area (Å²) in [7, 11) is 0. The van der Waals surface area contributed by atoms with Gasteiger partial charge in [-0.3, -0.25) is 0 Å². The quantitative estimate of drug-likeness (QED) is 0.634. The molecule has 0 saturated carbocycles. The minimum Gasteiger partial charge on any atom is -0.302 e. The Balaban J connectivity index is 2.11. The van der Waals surface area contributed by atoms with E-state index in [0.29, 0.717) is 5.92 Å². The van der Waals surface area contributed by atoms with Crippen LogP contribution in [0.15, 0.2) is 54.1 Å². The third-order valence-corrected chi connectivity index (χ3v) is 4.80. The molecule has 1 aromatic rings. The van der Waals surface area contributed by atoms with E-state index in [2.05, 4.69) is 74.2 Å². The number of hydrogen-bond donors (Lipinski definition) is 0. The van der Waals surface area contributed by atoms with E-state index in [4.69, 9.17) is 0 Å². The molecular weight excluding hydrogens is 266 g/mol. The lowest BCUT2D eigenvalue weighted by Crippen LogP contribution is -2.36. The van der Waals surface area contributed by atoms with E-state index in [9.17, 15) is 0 Å². The first-order valence-corrected chi connectivity index (χ1v) is 8.81. The van der Waals surface area contributed by atoms with Crippen molar-refractivity contribution in [2.45, 2.75) is 46.0 Å². The second-order valence-corrected chi connectivity index (χ2v) is 6.69. The highest BCUT2D eigenvalue weighted by molar-refractivity contribution is 5.30. The van der Waals surface area contributed by atoms with Gasteiger partial charge in [-0.15, -0.1) is 0 Å². The van der Waals surface area contributed by atoms with Crippen molar-refractivity contribution in [2.75, 3.05) is 19.6 Å². The Morgan fingerprint density at radius 2 is 1.91 bits per heavy atom. The van der Waals surface area contributed by atoms with E-state index in [1.165, 1.54) is 37.1 Å². The van der Waals surface area contributed by atoms with Crippen LogP contribution >= 0.6 is 0 Å². The van der Waals surface area contributed by atoms with Crippen molar-refractivity contribution >= 4 is 0 Å². The Kier molecular flexibility index (Phi) is 6.92. The highest BCUT2D eigenvalue weighted by Crippen LogP contribution is 2.27. The molecule has 1 unspecified atom stereocenters. The Morgan fingerprint density at radius 1 is 1.23 bits per heavy atom. The molecule has 120 valence electrons. The average molecular weight is 297 g/mol. The second kappa shape index (κ2) is 8.95. The third-order valence-electron chi connectivity index (χ3n) is 4.80. The zero-order valence-electron chi connectivity index (χ0n) is 14.5. The standard InChI is InChI=1S/C21H31N/c1-4-5-7-10-19(3)21(20-11-8-6-9-12-20)17-22-15-13-18(2)14-16-22/h5-12,18,21H,4,13-17H2,1-3H3/b7-5-,19-10+. The second-order valence-electron chi connectivity index (χ2n) is 6.69. The summed E-state index contributed by atoms with van der Waals surface area (Å²) in [5, 5.41) is 0. The summed E-state index contributed by atoms with van der Waals surface area (Å²) >= 11 is 0. The number of allylic oxidation sites excluding steroid dienone is 3. The molecule has 1 nitrogen and oxygen atoms in total. The van der Waals surface area contributed by atoms with Crippen molar-refractivity contribution in [1.82, 2.24) is 4.90 Å². The predicted octanol–water partition coefficient (Wildman–Crippen LogP) is 5.41. The molecule has 0 amide bonds. The van der Waals surface area contributed by atoms with E-state index in [1.807, 2.05) is 0 Å². The monoisotopic (exact) mass is 297 g/mol. The minimum absolute atomic E-state index is 0.510. The maximum Gasteiger partial charge on any atom is 0.0176 e. The lowest BCUT2D eigenvalue weighted by molar-refractivity contribution is 0.187. The van der Waals surface area contributed by atoms with E-state index in [-0.39, 0.29) is 0 Å². The highest BCUT2D eigenvalue weighted by atomic mass is 15.1. The first kappa shape index (κ1) is 17.0. The van der Waals surface area contributed by atoms with Crippen molar-refractivity contribution in [3.63, 3.8) is 0 Å². The summed E-state index contributed by atoms with van der Waals surface area (Å²) in [6.07, 6.45) is 10.5. The van der Waals surface area contributed by atoms with Gasteiger partial charge in [-0.1, -0.05) is 68.0 Å². The van der Waals surface area contributed by atoms with Crippen LogP contribution < -0.4 is 0 Å². The molecule has 0 aromatic heterocycles. The smallest absolute Gasteiger partial charge is 0.0176 e. The predicted molar refractivity (Wildman–Crippen MR) is 97.2 cm³/mol. The fourth-order valence-corrected chi connectivity index (χ4v) is 3.17. The van der Waals surface area contributed by atoms with Crippen molar-refractivity contribution < 1.29 is 0 Å². The van der Waals surface area contributed by atoms with E-state index in [1.54, 1.807) is 0 Å². The average Bonchev–Trinajstić information content (AvgIpc) is 2.55. The van der Waals surface area contributed by atoms with E-state index in [0.717, 1.165) is 18.9 Å². The molecule has 0 spiro atoms. The number of likely N-dealkylation sites (tertiary alicyclic amines) is 1. The molecule has 1 atom stereocenters. The molecule has 1 fully saturated rings. The maximum absolute atomic E-state index is 2.65. The zero-order chi connectivity index (χ0) is 15.8. The Labute approximate surface area is 136 Å². The lowest BCUT2D eigenvalue weighted by Gasteiger charge is -2.33. The Hall–Kier alpha value is -1.34. The van der Waals surface area contributed by atoms with Crippen molar-refractivity contribution in [3.8, 4) is 0 Å². The van der Waals surface area contributed by atoms with Gasteiger partial charge in [0.05, 0.1) is 0 Å². The molecule has 0 bridgehead atoms. The van der Waals surface area contributed by atoms with Crippen molar-refractivity contribution in [3.05, 3.63) is 59.7 Å². The van der Waals surface area contributed by atoms with Crippen molar-refractivity contribution in [2.24, 2.45) is 5.92 Å². The SMILES string of the molecule is CC/C=C\C=C(/C)C(CN1CCC(C)CC1)c1ccccc1. The van der Waals surface area contributed by atoms with Crippen LogP contribution in [0.1, 0.15) is 51.5 Å². The molecule has 1 saturated heterocycles. The molecule has 1 aliphatic heterocycles. The number of piperidine rings is 1. The van der Waals surface area contributed by atoms with Crippen LogP contribution in [0.3, 0.4) is 0 Å². The van der Waals surface area contributed by atoms with Gasteiger partial charge in [0.15, 0.2) is 0 Å². The normalized spacial score (nSPS) is 19.7. The molecule has 22 heavy (non-hydrogen) atoms. The molecule has 1 aromatic carbocycles. The highest BCUT2D eigenvalue weighted by Gasteiger charge is 2.21. The lowest BCUT2D eigenvalue weighted by atomic mass is 9.89. The van der Waals surface area contributed by atoms with Gasteiger partial charge in [0.1, 0.15) is 0 Å². The third kappa shape index (κ3) is 5.14. The molecule has 0 N–H and O–H groups in total. The van der Waals surface area contributed by atoms with Crippen LogP contribution in [0, 0.1) is 5.92 Å². The number of nitrogens with zero attached hydrogens (tertiary/aromatic N) is 1. The first-order valence-electron chi connectivity index (χ1n) is 8.81. The summed E-state index contributed by atoms with van der Waals surface area (Å²) in [6, 6.07) is 11.0. The van der Waals surface area contributed by atoms with Gasteiger partial charge in [0.2, 0.25) is 0 Å². The maximum atomic E-state index is 2.65. The van der Waals surface area contributed by atoms with Gasteiger partial charge in [0, 0.05) is 12.5 Å². The van der Waals surface area contributed by atoms with Crippen LogP contribution in [-0.2, 0) is 0 Å². The van der Waals surface area contributed by atoms with Gasteiger partial charge >= 0.3 is 0 Å². The Bertz CT molecular complexity index is 478. The Morgan fingerprint density at radius 3 is 2.55 bits per heavy atom. The van der Waals surface area contributed by atoms with E-state index >= 15 is 0 Å². The van der Waals surface area contributed by atoms with E-state index < -0.39 is 0 Å². The summed E-state index contributed by atoms with van der Waals surface area (Å²) in [4.78, 5) is 2.65. The fraction of sp³-hybridized carbons (Fsp3) is 0.524. The summed E-state index contributed by atoms with van der Waals surface area (Å²) in [5.41, 5.74) is 2.91. The number of hydrogen-bond acceptors (Lipinski definition) is 1.